The molecule has 2 heterocycles. The average molecular weight is 506 g/mol. The second kappa shape index (κ2) is 10.5. The number of aliphatic hydroxyl groups is 1. The second-order valence-electron chi connectivity index (χ2n) is 8.66. The molecule has 11 heteroatoms. The van der Waals surface area contributed by atoms with Crippen LogP contribution in [0.3, 0.4) is 0 Å². The summed E-state index contributed by atoms with van der Waals surface area (Å²) in [5.41, 5.74) is 2.05. The molecule has 0 saturated heterocycles. The van der Waals surface area contributed by atoms with Gasteiger partial charge in [-0.2, -0.15) is 9.78 Å². The van der Waals surface area contributed by atoms with Crippen molar-refractivity contribution in [3.8, 4) is 16.3 Å². The zero-order valence-electron chi connectivity index (χ0n) is 19.7. The second-order valence-corrected chi connectivity index (χ2v) is 10.1. The number of aryl methyl sites for hydroxylation is 1. The lowest BCUT2D eigenvalue weighted by Gasteiger charge is -2.15. The van der Waals surface area contributed by atoms with Crippen LogP contribution in [0.4, 0.5) is 9.93 Å². The van der Waals surface area contributed by atoms with Gasteiger partial charge in [-0.25, -0.2) is 9.78 Å². The Balaban J connectivity index is 2.00. The van der Waals surface area contributed by atoms with E-state index in [9.17, 15) is 9.59 Å². The van der Waals surface area contributed by atoms with E-state index < -0.39 is 11.4 Å². The Bertz CT molecular complexity index is 1200. The van der Waals surface area contributed by atoms with E-state index in [1.165, 1.54) is 16.0 Å². The van der Waals surface area contributed by atoms with Crippen LogP contribution in [-0.4, -0.2) is 52.1 Å². The fraction of sp³-hybridized carbons (Fsp3) is 0.391. The van der Waals surface area contributed by atoms with Crippen molar-refractivity contribution in [3.05, 3.63) is 46.2 Å². The highest BCUT2D eigenvalue weighted by molar-refractivity contribution is 7.19. The number of anilines is 1. The van der Waals surface area contributed by atoms with E-state index in [1.54, 1.807) is 31.4 Å². The van der Waals surface area contributed by atoms with Gasteiger partial charge in [0.25, 0.3) is 0 Å². The van der Waals surface area contributed by atoms with Gasteiger partial charge in [-0.3, -0.25) is 4.79 Å². The maximum Gasteiger partial charge on any atom is 0.342 e. The summed E-state index contributed by atoms with van der Waals surface area (Å²) < 4.78 is 6.71. The van der Waals surface area contributed by atoms with Gasteiger partial charge < -0.3 is 20.5 Å². The first-order valence-electron chi connectivity index (χ1n) is 10.6. The van der Waals surface area contributed by atoms with Crippen LogP contribution >= 0.6 is 22.9 Å². The molecule has 0 bridgehead atoms. The lowest BCUT2D eigenvalue weighted by Crippen LogP contribution is -2.32. The highest BCUT2D eigenvalue weighted by atomic mass is 35.5. The predicted octanol–water partition coefficient (Wildman–Crippen LogP) is 4.10. The van der Waals surface area contributed by atoms with Crippen LogP contribution < -0.4 is 15.4 Å². The number of carbonyl (C=O) groups excluding carboxylic acids is 2. The fourth-order valence-corrected chi connectivity index (χ4v) is 4.23. The standard InChI is InChI=1S/C23H28ClN5O4S/c1-13-19(34-21(26-13)27-20(31)23(2,3)4)17-12-16(29(28-17)22(32)25-8-9-30)11-14-10-15(24)6-7-18(14)33-5/h6-7,10,12,30H,8-9,11H2,1-5H3,(H,25,32)(H,26,27,31). The first-order valence-corrected chi connectivity index (χ1v) is 11.8. The summed E-state index contributed by atoms with van der Waals surface area (Å²) in [5.74, 6) is 0.492. The minimum atomic E-state index is -0.560. The SMILES string of the molecule is COc1ccc(Cl)cc1Cc1cc(-c2sc(NC(=O)C(C)(C)C)nc2C)nn1C(=O)NCCO. The zero-order valence-corrected chi connectivity index (χ0v) is 21.3. The normalized spacial score (nSPS) is 11.4. The number of aliphatic hydroxyl groups excluding tert-OH is 1. The zero-order chi connectivity index (χ0) is 25.0. The summed E-state index contributed by atoms with van der Waals surface area (Å²) in [5, 5.41) is 20.1. The van der Waals surface area contributed by atoms with Crippen molar-refractivity contribution in [2.75, 3.05) is 25.6 Å². The number of halogens is 1. The van der Waals surface area contributed by atoms with Crippen molar-refractivity contribution in [3.63, 3.8) is 0 Å². The van der Waals surface area contributed by atoms with Crippen molar-refractivity contribution < 1.29 is 19.4 Å². The molecular weight excluding hydrogens is 478 g/mol. The summed E-state index contributed by atoms with van der Waals surface area (Å²) in [6, 6.07) is 6.60. The topological polar surface area (TPSA) is 118 Å². The summed E-state index contributed by atoms with van der Waals surface area (Å²) in [7, 11) is 1.57. The third kappa shape index (κ3) is 5.94. The molecule has 0 aliphatic carbocycles. The Morgan fingerprint density at radius 3 is 2.65 bits per heavy atom. The largest absolute Gasteiger partial charge is 0.496 e. The van der Waals surface area contributed by atoms with Gasteiger partial charge in [-0.1, -0.05) is 43.7 Å². The number of amides is 2. The van der Waals surface area contributed by atoms with E-state index in [0.29, 0.717) is 39.4 Å². The fourth-order valence-electron chi connectivity index (χ4n) is 3.12. The van der Waals surface area contributed by atoms with Gasteiger partial charge in [0, 0.05) is 29.0 Å². The van der Waals surface area contributed by atoms with Crippen LogP contribution in [0.1, 0.15) is 37.7 Å². The van der Waals surface area contributed by atoms with Gasteiger partial charge in [-0.05, 0) is 31.2 Å². The molecule has 9 nitrogen and oxygen atoms in total. The molecule has 0 aliphatic rings. The predicted molar refractivity (Wildman–Crippen MR) is 133 cm³/mol. The van der Waals surface area contributed by atoms with Crippen LogP contribution in [0.25, 0.3) is 10.6 Å². The molecule has 0 unspecified atom stereocenters. The van der Waals surface area contributed by atoms with Crippen molar-refractivity contribution >= 4 is 40.0 Å². The van der Waals surface area contributed by atoms with Gasteiger partial charge in [0.05, 0.1) is 30.0 Å². The molecule has 0 spiro atoms. The van der Waals surface area contributed by atoms with Crippen LogP contribution in [0, 0.1) is 12.3 Å². The molecule has 3 N–H and O–H groups in total. The number of aromatic nitrogens is 3. The van der Waals surface area contributed by atoms with Gasteiger partial charge in [0.1, 0.15) is 11.4 Å². The molecule has 3 rings (SSSR count). The Labute approximate surface area is 207 Å². The summed E-state index contributed by atoms with van der Waals surface area (Å²) >= 11 is 7.47. The van der Waals surface area contributed by atoms with Crippen molar-refractivity contribution in [2.24, 2.45) is 5.41 Å². The molecule has 0 saturated carbocycles. The average Bonchev–Trinajstić information content (AvgIpc) is 3.34. The van der Waals surface area contributed by atoms with Crippen molar-refractivity contribution in [1.29, 1.82) is 0 Å². The maximum absolute atomic E-state index is 12.8. The van der Waals surface area contributed by atoms with E-state index in [2.05, 4.69) is 20.7 Å². The van der Waals surface area contributed by atoms with Crippen LogP contribution in [0.5, 0.6) is 5.75 Å². The number of hydrogen-bond acceptors (Lipinski definition) is 7. The number of ether oxygens (including phenoxy) is 1. The van der Waals surface area contributed by atoms with E-state index >= 15 is 0 Å². The lowest BCUT2D eigenvalue weighted by molar-refractivity contribution is -0.123. The van der Waals surface area contributed by atoms with Crippen LogP contribution in [0.15, 0.2) is 24.3 Å². The molecule has 2 amide bonds. The number of thiazole rings is 1. The highest BCUT2D eigenvalue weighted by Gasteiger charge is 2.24. The monoisotopic (exact) mass is 505 g/mol. The minimum absolute atomic E-state index is 0.0938. The number of rotatable bonds is 7. The molecule has 0 fully saturated rings. The number of benzene rings is 1. The Hall–Kier alpha value is -2.95. The minimum Gasteiger partial charge on any atom is -0.496 e. The Morgan fingerprint density at radius 1 is 1.26 bits per heavy atom. The lowest BCUT2D eigenvalue weighted by atomic mass is 9.96. The van der Waals surface area contributed by atoms with E-state index in [0.717, 1.165) is 10.4 Å². The van der Waals surface area contributed by atoms with E-state index in [-0.39, 0.29) is 19.1 Å². The number of methoxy groups -OCH3 is 1. The summed E-state index contributed by atoms with van der Waals surface area (Å²) in [6.45, 7) is 7.20. The van der Waals surface area contributed by atoms with Crippen molar-refractivity contribution in [2.45, 2.75) is 34.1 Å². The number of carbonyl (C=O) groups is 2. The molecule has 2 aromatic heterocycles. The number of nitrogens with one attached hydrogen (secondary N) is 2. The van der Waals surface area contributed by atoms with Crippen LogP contribution in [0.2, 0.25) is 5.02 Å². The molecule has 1 aromatic carbocycles. The third-order valence-electron chi connectivity index (χ3n) is 4.91. The maximum atomic E-state index is 12.8. The van der Waals surface area contributed by atoms with E-state index in [1.807, 2.05) is 27.7 Å². The molecule has 34 heavy (non-hydrogen) atoms. The van der Waals surface area contributed by atoms with Gasteiger partial charge in [0.2, 0.25) is 5.91 Å². The number of hydrogen-bond donors (Lipinski definition) is 3. The Kier molecular flexibility index (Phi) is 7.96. The van der Waals surface area contributed by atoms with Crippen LogP contribution in [-0.2, 0) is 11.2 Å². The molecule has 0 atom stereocenters. The van der Waals surface area contributed by atoms with Crippen molar-refractivity contribution in [1.82, 2.24) is 20.1 Å². The summed E-state index contributed by atoms with van der Waals surface area (Å²) in [6.07, 6.45) is 0.328. The third-order valence-corrected chi connectivity index (χ3v) is 6.24. The van der Waals surface area contributed by atoms with E-state index in [4.69, 9.17) is 21.4 Å². The first-order chi connectivity index (χ1) is 16.0. The summed E-state index contributed by atoms with van der Waals surface area (Å²) in [4.78, 5) is 30.3. The van der Waals surface area contributed by atoms with Gasteiger partial charge in [0.15, 0.2) is 5.13 Å². The highest BCUT2D eigenvalue weighted by Crippen LogP contribution is 2.34. The molecule has 182 valence electrons. The molecular formula is C23H28ClN5O4S. The van der Waals surface area contributed by atoms with Gasteiger partial charge in [-0.15, -0.1) is 0 Å². The van der Waals surface area contributed by atoms with Gasteiger partial charge >= 0.3 is 6.03 Å². The Morgan fingerprint density at radius 2 is 2.00 bits per heavy atom. The molecule has 3 aromatic rings. The molecule has 0 radical (unpaired) electrons. The smallest absolute Gasteiger partial charge is 0.342 e. The quantitative estimate of drug-likeness (QED) is 0.445. The number of nitrogens with zero attached hydrogens (tertiary/aromatic N) is 3. The first kappa shape index (κ1) is 25.7. The molecule has 0 aliphatic heterocycles.